The summed E-state index contributed by atoms with van der Waals surface area (Å²) in [6.45, 7) is 6.66. The Kier molecular flexibility index (Phi) is 4.85. The van der Waals surface area contributed by atoms with Crippen molar-refractivity contribution in [3.63, 3.8) is 0 Å². The third-order valence-electron chi connectivity index (χ3n) is 4.82. The summed E-state index contributed by atoms with van der Waals surface area (Å²) in [6.07, 6.45) is 0.920. The molecule has 0 saturated heterocycles. The summed E-state index contributed by atoms with van der Waals surface area (Å²) in [5.41, 5.74) is 10.5. The summed E-state index contributed by atoms with van der Waals surface area (Å²) in [6, 6.07) is 12.7. The maximum atomic E-state index is 12.4. The second-order valence-electron chi connectivity index (χ2n) is 7.37. The molecule has 1 aromatic carbocycles. The minimum Gasteiger partial charge on any atom is -0.397 e. The fraction of sp³-hybridized carbons (Fsp3) is 0.333. The Balaban J connectivity index is 1.61. The summed E-state index contributed by atoms with van der Waals surface area (Å²) in [5.74, 6) is -0.117. The highest BCUT2D eigenvalue weighted by Gasteiger charge is 2.23. The van der Waals surface area contributed by atoms with E-state index >= 15 is 0 Å². The first-order valence-corrected chi connectivity index (χ1v) is 10.1. The molecule has 3 N–H and O–H groups in total. The number of nitrogen functional groups attached to an aromatic ring is 1. The van der Waals surface area contributed by atoms with Crippen LogP contribution in [0.1, 0.15) is 40.3 Å². The molecule has 2 aromatic heterocycles. The van der Waals surface area contributed by atoms with Crippen LogP contribution in [0.3, 0.4) is 0 Å². The number of aromatic nitrogens is 1. The number of benzene rings is 1. The maximum Gasteiger partial charge on any atom is 0.263 e. The molecule has 6 heteroatoms. The SMILES string of the molecule is CC(C)NC(=O)c1sc2nc3c(cc2c1N)CN(Cc1ccccc1)CC3. The van der Waals surface area contributed by atoms with Crippen molar-refractivity contribution in [2.75, 3.05) is 12.3 Å². The molecule has 1 aliphatic rings. The summed E-state index contributed by atoms with van der Waals surface area (Å²) >= 11 is 1.39. The normalized spacial score (nSPS) is 14.5. The van der Waals surface area contributed by atoms with Crippen molar-refractivity contribution in [3.05, 3.63) is 58.1 Å². The van der Waals surface area contributed by atoms with Crippen LogP contribution in [0.15, 0.2) is 36.4 Å². The van der Waals surface area contributed by atoms with Gasteiger partial charge in [-0.3, -0.25) is 9.69 Å². The van der Waals surface area contributed by atoms with Gasteiger partial charge in [-0.05, 0) is 31.0 Å². The molecule has 0 radical (unpaired) electrons. The number of thiophene rings is 1. The Morgan fingerprint density at radius 3 is 2.85 bits per heavy atom. The predicted octanol–water partition coefficient (Wildman–Crippen LogP) is 3.58. The van der Waals surface area contributed by atoms with Crippen LogP contribution < -0.4 is 11.1 Å². The number of rotatable bonds is 4. The van der Waals surface area contributed by atoms with Gasteiger partial charge in [0.1, 0.15) is 9.71 Å². The van der Waals surface area contributed by atoms with Gasteiger partial charge in [0.25, 0.3) is 5.91 Å². The smallest absolute Gasteiger partial charge is 0.263 e. The van der Waals surface area contributed by atoms with Crippen LogP contribution in [0, 0.1) is 0 Å². The molecule has 4 rings (SSSR count). The lowest BCUT2D eigenvalue weighted by Crippen LogP contribution is -2.30. The number of anilines is 1. The minimum absolute atomic E-state index is 0.0785. The second kappa shape index (κ2) is 7.29. The van der Waals surface area contributed by atoms with Gasteiger partial charge in [0, 0.05) is 43.2 Å². The molecular formula is C21H24N4OS. The highest BCUT2D eigenvalue weighted by Crippen LogP contribution is 2.35. The van der Waals surface area contributed by atoms with Crippen molar-refractivity contribution in [1.82, 2.24) is 15.2 Å². The lowest BCUT2D eigenvalue weighted by molar-refractivity contribution is 0.0948. The summed E-state index contributed by atoms with van der Waals surface area (Å²) in [5, 5.41) is 3.82. The average molecular weight is 381 g/mol. The van der Waals surface area contributed by atoms with Gasteiger partial charge in [-0.2, -0.15) is 0 Å². The van der Waals surface area contributed by atoms with Crippen LogP contribution in [0.5, 0.6) is 0 Å². The van der Waals surface area contributed by atoms with E-state index in [-0.39, 0.29) is 11.9 Å². The average Bonchev–Trinajstić information content (AvgIpc) is 2.96. The van der Waals surface area contributed by atoms with Crippen molar-refractivity contribution >= 4 is 33.1 Å². The van der Waals surface area contributed by atoms with Crippen molar-refractivity contribution in [2.45, 2.75) is 39.4 Å². The second-order valence-corrected chi connectivity index (χ2v) is 8.37. The molecule has 0 aliphatic carbocycles. The zero-order valence-electron chi connectivity index (χ0n) is 15.7. The van der Waals surface area contributed by atoms with Crippen LogP contribution in [0.4, 0.5) is 5.69 Å². The lowest BCUT2D eigenvalue weighted by atomic mass is 10.0. The molecule has 3 heterocycles. The van der Waals surface area contributed by atoms with Crippen LogP contribution in [0.2, 0.25) is 0 Å². The highest BCUT2D eigenvalue weighted by molar-refractivity contribution is 7.21. The van der Waals surface area contributed by atoms with Crippen LogP contribution in [0.25, 0.3) is 10.2 Å². The first-order valence-electron chi connectivity index (χ1n) is 9.29. The molecule has 0 atom stereocenters. The van der Waals surface area contributed by atoms with Crippen LogP contribution in [-0.2, 0) is 19.5 Å². The number of nitrogens with two attached hydrogens (primary N) is 1. The van der Waals surface area contributed by atoms with Gasteiger partial charge < -0.3 is 11.1 Å². The molecule has 27 heavy (non-hydrogen) atoms. The monoisotopic (exact) mass is 380 g/mol. The standard InChI is InChI=1S/C21H24N4OS/c1-13(2)23-20(26)19-18(22)16-10-15-12-25(11-14-6-4-3-5-7-14)9-8-17(15)24-21(16)27-19/h3-7,10,13H,8-9,11-12,22H2,1-2H3,(H,23,26). The van der Waals surface area contributed by atoms with E-state index in [4.69, 9.17) is 10.7 Å². The van der Waals surface area contributed by atoms with E-state index in [1.165, 1.54) is 22.5 Å². The Morgan fingerprint density at radius 1 is 1.33 bits per heavy atom. The first-order chi connectivity index (χ1) is 13.0. The van der Waals surface area contributed by atoms with Crippen molar-refractivity contribution in [1.29, 1.82) is 0 Å². The lowest BCUT2D eigenvalue weighted by Gasteiger charge is -2.28. The Labute approximate surface area is 163 Å². The van der Waals surface area contributed by atoms with Crippen molar-refractivity contribution < 1.29 is 4.79 Å². The number of pyridine rings is 1. The van der Waals surface area contributed by atoms with E-state index in [0.717, 1.165) is 42.0 Å². The van der Waals surface area contributed by atoms with E-state index in [1.807, 2.05) is 19.9 Å². The molecule has 0 spiro atoms. The van der Waals surface area contributed by atoms with E-state index in [2.05, 4.69) is 40.5 Å². The molecule has 0 saturated carbocycles. The summed E-state index contributed by atoms with van der Waals surface area (Å²) in [7, 11) is 0. The fourth-order valence-corrected chi connectivity index (χ4v) is 4.53. The van der Waals surface area contributed by atoms with Gasteiger partial charge in [-0.1, -0.05) is 30.3 Å². The minimum atomic E-state index is -0.117. The van der Waals surface area contributed by atoms with Crippen molar-refractivity contribution in [3.8, 4) is 0 Å². The van der Waals surface area contributed by atoms with Gasteiger partial charge in [0.05, 0.1) is 5.69 Å². The number of fused-ring (bicyclic) bond motifs is 2. The van der Waals surface area contributed by atoms with Crippen molar-refractivity contribution in [2.24, 2.45) is 0 Å². The Morgan fingerprint density at radius 2 is 2.11 bits per heavy atom. The third kappa shape index (κ3) is 3.68. The molecule has 5 nitrogen and oxygen atoms in total. The molecule has 1 aliphatic heterocycles. The number of carbonyl (C=O) groups excluding carboxylic acids is 1. The topological polar surface area (TPSA) is 71.2 Å². The van der Waals surface area contributed by atoms with Crippen LogP contribution >= 0.6 is 11.3 Å². The summed E-state index contributed by atoms with van der Waals surface area (Å²) < 4.78 is 0. The predicted molar refractivity (Wildman–Crippen MR) is 111 cm³/mol. The number of hydrogen-bond donors (Lipinski definition) is 2. The number of nitrogens with one attached hydrogen (secondary N) is 1. The zero-order valence-corrected chi connectivity index (χ0v) is 16.5. The van der Waals surface area contributed by atoms with E-state index in [9.17, 15) is 4.79 Å². The highest BCUT2D eigenvalue weighted by atomic mass is 32.1. The molecular weight excluding hydrogens is 356 g/mol. The Hall–Kier alpha value is -2.44. The van der Waals surface area contributed by atoms with Crippen LogP contribution in [-0.4, -0.2) is 28.4 Å². The quantitative estimate of drug-likeness (QED) is 0.726. The number of nitrogens with zero attached hydrogens (tertiary/aromatic N) is 2. The first kappa shape index (κ1) is 17.9. The van der Waals surface area contributed by atoms with E-state index < -0.39 is 0 Å². The third-order valence-corrected chi connectivity index (χ3v) is 5.94. The number of hydrogen-bond acceptors (Lipinski definition) is 5. The molecule has 1 amide bonds. The van der Waals surface area contributed by atoms with Gasteiger partial charge in [0.15, 0.2) is 0 Å². The summed E-state index contributed by atoms with van der Waals surface area (Å²) in [4.78, 5) is 21.1. The molecule has 0 unspecified atom stereocenters. The van der Waals surface area contributed by atoms with E-state index in [0.29, 0.717) is 10.6 Å². The Bertz CT molecular complexity index is 981. The maximum absolute atomic E-state index is 12.4. The fourth-order valence-electron chi connectivity index (χ4n) is 3.53. The van der Waals surface area contributed by atoms with Gasteiger partial charge in [-0.15, -0.1) is 11.3 Å². The van der Waals surface area contributed by atoms with Gasteiger partial charge >= 0.3 is 0 Å². The zero-order chi connectivity index (χ0) is 19.0. The number of amides is 1. The molecule has 0 fully saturated rings. The van der Waals surface area contributed by atoms with E-state index in [1.54, 1.807) is 0 Å². The van der Waals surface area contributed by atoms with Gasteiger partial charge in [-0.25, -0.2) is 4.98 Å². The largest absolute Gasteiger partial charge is 0.397 e. The number of carbonyl (C=O) groups is 1. The molecule has 3 aromatic rings. The van der Waals surface area contributed by atoms with Gasteiger partial charge in [0.2, 0.25) is 0 Å². The molecule has 0 bridgehead atoms. The molecule has 140 valence electrons.